The molecule has 6 heteroatoms. The Labute approximate surface area is 113 Å². The van der Waals surface area contributed by atoms with Crippen molar-refractivity contribution < 1.29 is 56.2 Å². The largest absolute Gasteiger partial charge is 1.00 e. The molecule has 0 aliphatic rings. The number of carbonyl (C=O) groups excluding carboxylic acids is 1. The van der Waals surface area contributed by atoms with Crippen molar-refractivity contribution in [3.05, 3.63) is 25.6 Å². The molecule has 1 aromatic heterocycles. The Morgan fingerprint density at radius 2 is 2.08 bits per heavy atom. The van der Waals surface area contributed by atoms with Crippen LogP contribution in [-0.4, -0.2) is 15.9 Å². The second-order valence-corrected chi connectivity index (χ2v) is 1.69. The fraction of sp³-hybridized carbons (Fsp3) is 0. The van der Waals surface area contributed by atoms with Gasteiger partial charge in [0, 0.05) is 0 Å². The normalized spacial score (nSPS) is 7.67. The first-order valence-electron chi connectivity index (χ1n) is 2.57. The number of nitrogens with zero attached hydrogens (tertiary/aromatic N) is 2. The molecule has 0 aromatic carbocycles. The van der Waals surface area contributed by atoms with E-state index in [0.29, 0.717) is 0 Å². The van der Waals surface area contributed by atoms with E-state index in [1.165, 1.54) is 12.5 Å². The summed E-state index contributed by atoms with van der Waals surface area (Å²) in [6.07, 6.45) is 2.55. The van der Waals surface area contributed by atoms with E-state index >= 15 is 0 Å². The van der Waals surface area contributed by atoms with Gasteiger partial charge in [0.2, 0.25) is 0 Å². The molecule has 1 rings (SSSR count). The molecule has 4 N–H and O–H groups in total. The topological polar surface area (TPSA) is 94.9 Å². The van der Waals surface area contributed by atoms with E-state index in [4.69, 9.17) is 11.5 Å². The van der Waals surface area contributed by atoms with E-state index in [9.17, 15) is 4.79 Å². The molecule has 1 aromatic rings. The first kappa shape index (κ1) is 14.5. The van der Waals surface area contributed by atoms with Gasteiger partial charge < -0.3 is 18.9 Å². The molecule has 0 spiro atoms. The van der Waals surface area contributed by atoms with Crippen LogP contribution in [0.1, 0.15) is 10.5 Å². The number of nitrogen functional groups attached to an aromatic ring is 1. The van der Waals surface area contributed by atoms with Crippen molar-refractivity contribution in [1.82, 2.24) is 9.97 Å². The van der Waals surface area contributed by atoms with E-state index in [1.54, 1.807) is 0 Å². The minimum absolute atomic E-state index is 0. The van der Waals surface area contributed by atoms with Crippen LogP contribution in [0.15, 0.2) is 12.5 Å². The number of anilines is 1. The molecule has 0 aliphatic carbocycles. The minimum Gasteiger partial charge on any atom is -0.396 e. The van der Waals surface area contributed by atoms with Crippen molar-refractivity contribution in [3.63, 3.8) is 0 Å². The number of amides is 1. The van der Waals surface area contributed by atoms with E-state index in [2.05, 4.69) is 9.97 Å². The summed E-state index contributed by atoms with van der Waals surface area (Å²) in [4.78, 5) is 17.6. The second kappa shape index (κ2) is 6.50. The molecular formula is C6H9KN4O. The summed E-state index contributed by atoms with van der Waals surface area (Å²) in [6.45, 7) is 0. The van der Waals surface area contributed by atoms with Crippen molar-refractivity contribution >= 4 is 11.6 Å². The van der Waals surface area contributed by atoms with Gasteiger partial charge in [0.1, 0.15) is 6.33 Å². The van der Waals surface area contributed by atoms with E-state index < -0.39 is 5.91 Å². The van der Waals surface area contributed by atoms with Crippen molar-refractivity contribution in [1.29, 1.82) is 0 Å². The van der Waals surface area contributed by atoms with Crippen molar-refractivity contribution in [2.45, 2.75) is 0 Å². The van der Waals surface area contributed by atoms with Gasteiger partial charge in [-0.25, -0.2) is 9.97 Å². The Kier molecular flexibility index (Phi) is 7.85. The fourth-order valence-corrected chi connectivity index (χ4v) is 0.546. The zero-order chi connectivity index (χ0) is 7.56. The Bertz CT molecular complexity index is 265. The molecule has 0 aliphatic heterocycles. The predicted molar refractivity (Wildman–Crippen MR) is 41.4 cm³/mol. The van der Waals surface area contributed by atoms with Crippen LogP contribution in [0.25, 0.3) is 0 Å². The average Bonchev–Trinajstić information content (AvgIpc) is 1.88. The molecule has 0 saturated carbocycles. The summed E-state index contributed by atoms with van der Waals surface area (Å²) < 4.78 is 0. The van der Waals surface area contributed by atoms with Gasteiger partial charge in [-0.3, -0.25) is 4.79 Å². The summed E-state index contributed by atoms with van der Waals surface area (Å²) >= 11 is 0. The molecule has 0 radical (unpaired) electrons. The van der Waals surface area contributed by atoms with Crippen LogP contribution in [-0.2, 0) is 0 Å². The van der Waals surface area contributed by atoms with Gasteiger partial charge in [-0.2, -0.15) is 0 Å². The third kappa shape index (κ3) is 3.59. The molecule has 5 nitrogen and oxygen atoms in total. The number of nitrogens with two attached hydrogens (primary N) is 2. The molecule has 0 saturated heterocycles. The monoisotopic (exact) mass is 192 g/mol. The first-order chi connectivity index (χ1) is 4.72. The minimum atomic E-state index is -0.639. The first-order valence-corrected chi connectivity index (χ1v) is 2.57. The molecule has 0 fully saturated rings. The average molecular weight is 192 g/mol. The van der Waals surface area contributed by atoms with Crippen molar-refractivity contribution in [3.8, 4) is 0 Å². The maximum atomic E-state index is 10.5. The summed E-state index contributed by atoms with van der Waals surface area (Å²) in [5.74, 6) is -0.639. The van der Waals surface area contributed by atoms with E-state index in [1.807, 2.05) is 0 Å². The number of primary amides is 1. The Hall–Kier alpha value is -0.0136. The maximum absolute atomic E-state index is 10.5. The summed E-state index contributed by atoms with van der Waals surface area (Å²) in [6, 6.07) is 0. The molecule has 0 unspecified atom stereocenters. The standard InChI is InChI=1S/C5H6N4O.CH3.K/c6-3-1-8-2-9-4(3)5(7)10;;/h1-2H,6H2,(H2,7,10);1H3;/q;-1;+1. The van der Waals surface area contributed by atoms with E-state index in [0.717, 1.165) is 0 Å². The van der Waals surface area contributed by atoms with Crippen LogP contribution < -0.4 is 62.9 Å². The molecule has 60 valence electrons. The quantitative estimate of drug-likeness (QED) is 0.358. The Morgan fingerprint density at radius 1 is 1.50 bits per heavy atom. The van der Waals surface area contributed by atoms with Crippen LogP contribution in [0.2, 0.25) is 0 Å². The maximum Gasteiger partial charge on any atom is 1.00 e. The van der Waals surface area contributed by atoms with Crippen molar-refractivity contribution in [2.75, 3.05) is 5.73 Å². The molecule has 0 bridgehead atoms. The zero-order valence-electron chi connectivity index (χ0n) is 7.11. The van der Waals surface area contributed by atoms with Crippen LogP contribution in [0, 0.1) is 7.43 Å². The molecule has 1 amide bonds. The van der Waals surface area contributed by atoms with Gasteiger partial charge in [-0.15, -0.1) is 0 Å². The number of hydrogen-bond donors (Lipinski definition) is 2. The SMILES string of the molecule is NC(=O)c1ncncc1N.[CH3-].[K+]. The van der Waals surface area contributed by atoms with Crippen LogP contribution in [0.4, 0.5) is 5.69 Å². The van der Waals surface area contributed by atoms with E-state index in [-0.39, 0.29) is 70.2 Å². The fourth-order valence-electron chi connectivity index (χ4n) is 0.546. The predicted octanol–water partition coefficient (Wildman–Crippen LogP) is -3.39. The van der Waals surface area contributed by atoms with Gasteiger partial charge >= 0.3 is 51.4 Å². The third-order valence-electron chi connectivity index (χ3n) is 0.974. The van der Waals surface area contributed by atoms with Gasteiger partial charge in [0.15, 0.2) is 5.69 Å². The number of carbonyl (C=O) groups is 1. The van der Waals surface area contributed by atoms with Crippen LogP contribution in [0.3, 0.4) is 0 Å². The summed E-state index contributed by atoms with van der Waals surface area (Å²) in [7, 11) is 0. The number of aromatic nitrogens is 2. The summed E-state index contributed by atoms with van der Waals surface area (Å²) in [5.41, 5.74) is 10.5. The van der Waals surface area contributed by atoms with Gasteiger partial charge in [0.25, 0.3) is 5.91 Å². The van der Waals surface area contributed by atoms with Crippen molar-refractivity contribution in [2.24, 2.45) is 5.73 Å². The van der Waals surface area contributed by atoms with Gasteiger partial charge in [-0.1, -0.05) is 0 Å². The molecule has 0 atom stereocenters. The Balaban J connectivity index is 0. The molecule has 12 heavy (non-hydrogen) atoms. The van der Waals surface area contributed by atoms with Crippen LogP contribution in [0.5, 0.6) is 0 Å². The molecule has 1 heterocycles. The number of rotatable bonds is 1. The third-order valence-corrected chi connectivity index (χ3v) is 0.974. The summed E-state index contributed by atoms with van der Waals surface area (Å²) in [5, 5.41) is 0. The van der Waals surface area contributed by atoms with Crippen LogP contribution >= 0.6 is 0 Å². The number of hydrogen-bond acceptors (Lipinski definition) is 4. The smallest absolute Gasteiger partial charge is 0.396 e. The second-order valence-electron chi connectivity index (χ2n) is 1.69. The molecular weight excluding hydrogens is 183 g/mol. The Morgan fingerprint density at radius 3 is 2.42 bits per heavy atom. The van der Waals surface area contributed by atoms with Gasteiger partial charge in [-0.05, 0) is 0 Å². The van der Waals surface area contributed by atoms with Gasteiger partial charge in [0.05, 0.1) is 11.9 Å². The zero-order valence-corrected chi connectivity index (χ0v) is 10.2.